The standard InChI is InChI=1S/C35H28N2/c1-36(35-25-20-27-10-8-9-11-30(27)26-35)31-21-16-28(17-22-31)29-18-23-34(24-19-29)37(32-12-4-2-5-13-32)33-14-6-3-7-15-33/h2-26H,1H3. The molecule has 0 amide bonds. The van der Waals surface area contributed by atoms with Gasteiger partial charge in [-0.05, 0) is 82.6 Å². The zero-order valence-corrected chi connectivity index (χ0v) is 20.8. The van der Waals surface area contributed by atoms with E-state index < -0.39 is 0 Å². The van der Waals surface area contributed by atoms with Crippen LogP contribution in [0.4, 0.5) is 28.4 Å². The lowest BCUT2D eigenvalue weighted by Gasteiger charge is -2.25. The Bertz CT molecular complexity index is 1570. The van der Waals surface area contributed by atoms with Gasteiger partial charge in [-0.3, -0.25) is 0 Å². The van der Waals surface area contributed by atoms with E-state index in [0.29, 0.717) is 0 Å². The molecule has 0 spiro atoms. The molecule has 6 aromatic carbocycles. The lowest BCUT2D eigenvalue weighted by atomic mass is 10.0. The minimum Gasteiger partial charge on any atom is -0.345 e. The van der Waals surface area contributed by atoms with Crippen LogP contribution in [0.15, 0.2) is 152 Å². The fourth-order valence-corrected chi connectivity index (χ4v) is 4.82. The molecule has 6 aromatic rings. The van der Waals surface area contributed by atoms with E-state index in [1.165, 1.54) is 27.6 Å². The Balaban J connectivity index is 1.26. The minimum absolute atomic E-state index is 1.13. The summed E-state index contributed by atoms with van der Waals surface area (Å²) in [6.45, 7) is 0. The maximum Gasteiger partial charge on any atom is 0.0462 e. The molecule has 0 bridgehead atoms. The Morgan fingerprint density at radius 1 is 0.351 bits per heavy atom. The molecule has 178 valence electrons. The molecule has 37 heavy (non-hydrogen) atoms. The summed E-state index contributed by atoms with van der Waals surface area (Å²) in [4.78, 5) is 4.52. The molecule has 0 N–H and O–H groups in total. The van der Waals surface area contributed by atoms with Crippen LogP contribution in [-0.2, 0) is 0 Å². The maximum absolute atomic E-state index is 2.28. The highest BCUT2D eigenvalue weighted by Crippen LogP contribution is 2.35. The quantitative estimate of drug-likeness (QED) is 0.236. The van der Waals surface area contributed by atoms with E-state index >= 15 is 0 Å². The summed E-state index contributed by atoms with van der Waals surface area (Å²) in [7, 11) is 2.12. The molecule has 2 nitrogen and oxygen atoms in total. The second-order valence-electron chi connectivity index (χ2n) is 9.19. The summed E-state index contributed by atoms with van der Waals surface area (Å²) in [6, 6.07) is 53.7. The van der Waals surface area contributed by atoms with Crippen LogP contribution in [0.2, 0.25) is 0 Å². The molecule has 0 fully saturated rings. The van der Waals surface area contributed by atoms with Gasteiger partial charge in [0.05, 0.1) is 0 Å². The highest BCUT2D eigenvalue weighted by atomic mass is 15.1. The molecule has 0 saturated carbocycles. The fourth-order valence-electron chi connectivity index (χ4n) is 4.82. The van der Waals surface area contributed by atoms with Gasteiger partial charge in [0, 0.05) is 35.5 Å². The molecular weight excluding hydrogens is 448 g/mol. The van der Waals surface area contributed by atoms with Crippen molar-refractivity contribution in [1.29, 1.82) is 0 Å². The van der Waals surface area contributed by atoms with Crippen LogP contribution < -0.4 is 9.80 Å². The number of nitrogens with zero attached hydrogens (tertiary/aromatic N) is 2. The predicted octanol–water partition coefficient (Wildman–Crippen LogP) is 9.74. The highest BCUT2D eigenvalue weighted by Gasteiger charge is 2.12. The SMILES string of the molecule is CN(c1ccc(-c2ccc(N(c3ccccc3)c3ccccc3)cc2)cc1)c1ccc2ccccc2c1. The van der Waals surface area contributed by atoms with Crippen molar-refractivity contribution in [3.8, 4) is 11.1 Å². The van der Waals surface area contributed by atoms with E-state index in [1.54, 1.807) is 0 Å². The minimum atomic E-state index is 1.13. The van der Waals surface area contributed by atoms with Gasteiger partial charge in [0.15, 0.2) is 0 Å². The molecule has 0 atom stereocenters. The Morgan fingerprint density at radius 2 is 0.784 bits per heavy atom. The van der Waals surface area contributed by atoms with E-state index in [1.807, 2.05) is 0 Å². The molecule has 0 aliphatic rings. The third-order valence-electron chi connectivity index (χ3n) is 6.86. The van der Waals surface area contributed by atoms with Gasteiger partial charge in [-0.15, -0.1) is 0 Å². The molecular formula is C35H28N2. The van der Waals surface area contributed by atoms with Crippen molar-refractivity contribution < 1.29 is 0 Å². The monoisotopic (exact) mass is 476 g/mol. The molecule has 0 aromatic heterocycles. The van der Waals surface area contributed by atoms with Crippen LogP contribution in [0.5, 0.6) is 0 Å². The summed E-state index contributed by atoms with van der Waals surface area (Å²) in [5.74, 6) is 0. The van der Waals surface area contributed by atoms with Gasteiger partial charge in [0.1, 0.15) is 0 Å². The van der Waals surface area contributed by atoms with Gasteiger partial charge >= 0.3 is 0 Å². The highest BCUT2D eigenvalue weighted by molar-refractivity contribution is 5.87. The average Bonchev–Trinajstić information content (AvgIpc) is 2.98. The van der Waals surface area contributed by atoms with Crippen molar-refractivity contribution >= 4 is 39.2 Å². The average molecular weight is 477 g/mol. The molecule has 0 aliphatic heterocycles. The predicted molar refractivity (Wildman–Crippen MR) is 159 cm³/mol. The molecule has 0 aliphatic carbocycles. The summed E-state index contributed by atoms with van der Waals surface area (Å²) >= 11 is 0. The van der Waals surface area contributed by atoms with Crippen LogP contribution >= 0.6 is 0 Å². The summed E-state index contributed by atoms with van der Waals surface area (Å²) in [6.07, 6.45) is 0. The van der Waals surface area contributed by atoms with E-state index in [-0.39, 0.29) is 0 Å². The first-order valence-corrected chi connectivity index (χ1v) is 12.6. The zero-order chi connectivity index (χ0) is 25.0. The van der Waals surface area contributed by atoms with Crippen molar-refractivity contribution in [3.05, 3.63) is 152 Å². The van der Waals surface area contributed by atoms with Gasteiger partial charge in [0.25, 0.3) is 0 Å². The lowest BCUT2D eigenvalue weighted by molar-refractivity contribution is 1.21. The molecule has 6 rings (SSSR count). The Labute approximate surface area is 218 Å². The van der Waals surface area contributed by atoms with Crippen LogP contribution in [0, 0.1) is 0 Å². The van der Waals surface area contributed by atoms with Crippen molar-refractivity contribution in [2.75, 3.05) is 16.8 Å². The zero-order valence-electron chi connectivity index (χ0n) is 20.8. The van der Waals surface area contributed by atoms with Crippen LogP contribution in [0.25, 0.3) is 21.9 Å². The van der Waals surface area contributed by atoms with E-state index in [9.17, 15) is 0 Å². The Morgan fingerprint density at radius 3 is 1.35 bits per heavy atom. The van der Waals surface area contributed by atoms with E-state index in [4.69, 9.17) is 0 Å². The molecule has 0 heterocycles. The maximum atomic E-state index is 2.28. The molecule has 0 unspecified atom stereocenters. The largest absolute Gasteiger partial charge is 0.345 e. The number of hydrogen-bond acceptors (Lipinski definition) is 2. The Hall–Kier alpha value is -4.82. The smallest absolute Gasteiger partial charge is 0.0462 e. The van der Waals surface area contributed by atoms with Gasteiger partial charge in [0.2, 0.25) is 0 Å². The van der Waals surface area contributed by atoms with Crippen LogP contribution in [0.1, 0.15) is 0 Å². The second-order valence-corrected chi connectivity index (χ2v) is 9.19. The number of rotatable bonds is 6. The molecule has 2 heteroatoms. The van der Waals surface area contributed by atoms with Crippen molar-refractivity contribution in [2.45, 2.75) is 0 Å². The van der Waals surface area contributed by atoms with Crippen molar-refractivity contribution in [3.63, 3.8) is 0 Å². The number of fused-ring (bicyclic) bond motifs is 1. The summed E-state index contributed by atoms with van der Waals surface area (Å²) in [5, 5.41) is 2.51. The van der Waals surface area contributed by atoms with Gasteiger partial charge in [-0.2, -0.15) is 0 Å². The van der Waals surface area contributed by atoms with Crippen molar-refractivity contribution in [2.24, 2.45) is 0 Å². The first kappa shape index (κ1) is 22.6. The Kier molecular flexibility index (Phi) is 6.14. The van der Waals surface area contributed by atoms with Crippen molar-refractivity contribution in [1.82, 2.24) is 0 Å². The van der Waals surface area contributed by atoms with E-state index in [2.05, 4.69) is 169 Å². The van der Waals surface area contributed by atoms with Crippen LogP contribution in [0.3, 0.4) is 0 Å². The summed E-state index contributed by atoms with van der Waals surface area (Å²) < 4.78 is 0. The summed E-state index contributed by atoms with van der Waals surface area (Å²) in [5.41, 5.74) is 8.16. The topological polar surface area (TPSA) is 6.48 Å². The first-order chi connectivity index (χ1) is 18.3. The molecule has 0 saturated heterocycles. The first-order valence-electron chi connectivity index (χ1n) is 12.6. The number of anilines is 5. The third kappa shape index (κ3) is 4.70. The normalized spacial score (nSPS) is 10.8. The number of hydrogen-bond donors (Lipinski definition) is 0. The fraction of sp³-hybridized carbons (Fsp3) is 0.0286. The van der Waals surface area contributed by atoms with Gasteiger partial charge in [-0.1, -0.05) is 91.0 Å². The lowest BCUT2D eigenvalue weighted by Crippen LogP contribution is -2.09. The van der Waals surface area contributed by atoms with Gasteiger partial charge < -0.3 is 9.80 Å². The van der Waals surface area contributed by atoms with E-state index in [0.717, 1.165) is 22.7 Å². The van der Waals surface area contributed by atoms with Gasteiger partial charge in [-0.25, -0.2) is 0 Å². The molecule has 0 radical (unpaired) electrons. The number of benzene rings is 6. The second kappa shape index (κ2) is 10.0. The third-order valence-corrected chi connectivity index (χ3v) is 6.86. The van der Waals surface area contributed by atoms with Crippen LogP contribution in [-0.4, -0.2) is 7.05 Å². The number of para-hydroxylation sites is 2.